The second-order valence-corrected chi connectivity index (χ2v) is 4.50. The quantitative estimate of drug-likeness (QED) is 0.787. The number of carboxylic acid groups (broad SMARTS) is 1. The summed E-state index contributed by atoms with van der Waals surface area (Å²) in [6, 6.07) is 3.66. The first-order valence-corrected chi connectivity index (χ1v) is 5.07. The van der Waals surface area contributed by atoms with Crippen molar-refractivity contribution in [2.45, 2.75) is 18.9 Å². The smallest absolute Gasteiger partial charge is 0.120 e. The zero-order valence-electron chi connectivity index (χ0n) is 6.96. The van der Waals surface area contributed by atoms with Crippen molar-refractivity contribution in [3.05, 3.63) is 21.3 Å². The summed E-state index contributed by atoms with van der Waals surface area (Å²) in [5, 5.41) is 10.2. The number of hydrogen-bond acceptors (Lipinski definition) is 3. The van der Waals surface area contributed by atoms with E-state index in [0.717, 1.165) is 4.88 Å². The fourth-order valence-corrected chi connectivity index (χ4v) is 2.09. The van der Waals surface area contributed by atoms with Gasteiger partial charge in [-0.15, -0.1) is 11.3 Å². The molecule has 13 heavy (non-hydrogen) atoms. The van der Waals surface area contributed by atoms with Gasteiger partial charge in [-0.25, -0.2) is 0 Å². The van der Waals surface area contributed by atoms with E-state index in [0.29, 0.717) is 10.8 Å². The highest BCUT2D eigenvalue weighted by atomic mass is 35.5. The van der Waals surface area contributed by atoms with Gasteiger partial charge < -0.3 is 15.6 Å². The van der Waals surface area contributed by atoms with Gasteiger partial charge in [0.2, 0.25) is 0 Å². The first kappa shape index (κ1) is 10.5. The zero-order valence-corrected chi connectivity index (χ0v) is 8.53. The van der Waals surface area contributed by atoms with E-state index in [9.17, 15) is 9.90 Å². The Hall–Kier alpha value is -0.580. The molecule has 1 aromatic rings. The number of quaternary nitrogens is 1. The Bertz CT molecular complexity index is 300. The second kappa shape index (κ2) is 4.60. The van der Waals surface area contributed by atoms with Crippen molar-refractivity contribution < 1.29 is 15.6 Å². The zero-order chi connectivity index (χ0) is 9.84. The molecule has 72 valence electrons. The van der Waals surface area contributed by atoms with Crippen LogP contribution in [0.2, 0.25) is 4.34 Å². The van der Waals surface area contributed by atoms with E-state index < -0.39 is 5.97 Å². The van der Waals surface area contributed by atoms with Crippen molar-refractivity contribution in [3.63, 3.8) is 0 Å². The third-order valence-corrected chi connectivity index (χ3v) is 3.09. The lowest BCUT2D eigenvalue weighted by Gasteiger charge is -2.05. The van der Waals surface area contributed by atoms with Crippen molar-refractivity contribution in [2.24, 2.45) is 0 Å². The van der Waals surface area contributed by atoms with Crippen molar-refractivity contribution in [1.29, 1.82) is 0 Å². The van der Waals surface area contributed by atoms with Crippen LogP contribution in [0.5, 0.6) is 0 Å². The Labute approximate surface area is 85.1 Å². The molecule has 0 saturated heterocycles. The van der Waals surface area contributed by atoms with Crippen LogP contribution in [0.3, 0.4) is 0 Å². The maximum absolute atomic E-state index is 10.2. The van der Waals surface area contributed by atoms with Crippen LogP contribution in [0.15, 0.2) is 12.1 Å². The minimum atomic E-state index is -1.03. The molecule has 0 bridgehead atoms. The fourth-order valence-electron chi connectivity index (χ4n) is 0.982. The third-order valence-electron chi connectivity index (χ3n) is 1.69. The van der Waals surface area contributed by atoms with Crippen LogP contribution in [0.4, 0.5) is 0 Å². The molecule has 0 aliphatic carbocycles. The topological polar surface area (TPSA) is 67.8 Å². The maximum atomic E-state index is 10.2. The standard InChI is InChI=1S/C8H10ClNO2S/c9-7-3-2-6(13-7)5(10)1-4-8(11)12/h2-3,5H,1,4,10H2,(H,11,12)/t5-/m1/s1. The van der Waals surface area contributed by atoms with E-state index in [1.54, 1.807) is 6.07 Å². The number of carbonyl (C=O) groups excluding carboxylic acids is 1. The van der Waals surface area contributed by atoms with E-state index in [4.69, 9.17) is 11.6 Å². The summed E-state index contributed by atoms with van der Waals surface area (Å²) in [6.45, 7) is 0. The predicted octanol–water partition coefficient (Wildman–Crippen LogP) is 0.215. The third kappa shape index (κ3) is 3.34. The van der Waals surface area contributed by atoms with Crippen LogP contribution in [0.1, 0.15) is 23.8 Å². The van der Waals surface area contributed by atoms with Gasteiger partial charge in [0.05, 0.1) is 9.21 Å². The van der Waals surface area contributed by atoms with Crippen molar-refractivity contribution in [3.8, 4) is 0 Å². The molecule has 1 heterocycles. The summed E-state index contributed by atoms with van der Waals surface area (Å²) in [4.78, 5) is 11.2. The van der Waals surface area contributed by atoms with Gasteiger partial charge in [-0.1, -0.05) is 11.6 Å². The molecule has 0 saturated carbocycles. The minimum Gasteiger partial charge on any atom is -0.550 e. The lowest BCUT2D eigenvalue weighted by Crippen LogP contribution is -2.53. The molecule has 0 aliphatic rings. The minimum absolute atomic E-state index is 0.00426. The van der Waals surface area contributed by atoms with Gasteiger partial charge in [0.1, 0.15) is 6.04 Å². The Morgan fingerprint density at radius 2 is 2.38 bits per heavy atom. The molecule has 0 aromatic carbocycles. The molecule has 3 N–H and O–H groups in total. The molecule has 0 aliphatic heterocycles. The van der Waals surface area contributed by atoms with E-state index >= 15 is 0 Å². The largest absolute Gasteiger partial charge is 0.550 e. The average molecular weight is 220 g/mol. The summed E-state index contributed by atoms with van der Waals surface area (Å²) in [5.41, 5.74) is 3.85. The lowest BCUT2D eigenvalue weighted by molar-refractivity contribution is -0.427. The van der Waals surface area contributed by atoms with Crippen LogP contribution in [0.25, 0.3) is 0 Å². The molecule has 0 radical (unpaired) electrons. The Balaban J connectivity index is 2.48. The van der Waals surface area contributed by atoms with E-state index in [-0.39, 0.29) is 12.5 Å². The molecular weight excluding hydrogens is 210 g/mol. The van der Waals surface area contributed by atoms with Crippen molar-refractivity contribution >= 4 is 28.9 Å². The normalized spacial score (nSPS) is 12.8. The van der Waals surface area contributed by atoms with Crippen molar-refractivity contribution in [1.82, 2.24) is 0 Å². The highest BCUT2D eigenvalue weighted by molar-refractivity contribution is 7.16. The number of aliphatic carboxylic acids is 1. The van der Waals surface area contributed by atoms with Gasteiger partial charge in [-0.3, -0.25) is 0 Å². The first-order chi connectivity index (χ1) is 6.09. The van der Waals surface area contributed by atoms with Crippen LogP contribution in [0, 0.1) is 0 Å². The summed E-state index contributed by atoms with van der Waals surface area (Å²) in [5.74, 6) is -1.03. The second-order valence-electron chi connectivity index (χ2n) is 2.75. The molecular formula is C8H10ClNO2S. The predicted molar refractivity (Wildman–Crippen MR) is 49.2 cm³/mol. The molecule has 0 amide bonds. The highest BCUT2D eigenvalue weighted by Crippen LogP contribution is 2.26. The van der Waals surface area contributed by atoms with Gasteiger partial charge in [0.25, 0.3) is 0 Å². The van der Waals surface area contributed by atoms with E-state index in [1.165, 1.54) is 11.3 Å². The number of halogens is 1. The average Bonchev–Trinajstić information content (AvgIpc) is 2.47. The van der Waals surface area contributed by atoms with Gasteiger partial charge in [-0.05, 0) is 18.6 Å². The van der Waals surface area contributed by atoms with Crippen molar-refractivity contribution in [2.75, 3.05) is 0 Å². The number of rotatable bonds is 4. The maximum Gasteiger partial charge on any atom is 0.120 e. The monoisotopic (exact) mass is 219 g/mol. The van der Waals surface area contributed by atoms with Crippen LogP contribution >= 0.6 is 22.9 Å². The van der Waals surface area contributed by atoms with E-state index in [1.807, 2.05) is 6.07 Å². The molecule has 1 aromatic heterocycles. The number of carbonyl (C=O) groups is 1. The van der Waals surface area contributed by atoms with Gasteiger partial charge in [-0.2, -0.15) is 0 Å². The van der Waals surface area contributed by atoms with Crippen LogP contribution < -0.4 is 10.8 Å². The molecule has 0 unspecified atom stereocenters. The molecule has 0 spiro atoms. The Morgan fingerprint density at radius 3 is 2.85 bits per heavy atom. The summed E-state index contributed by atoms with van der Waals surface area (Å²) in [6.07, 6.45) is 0.545. The fraction of sp³-hybridized carbons (Fsp3) is 0.375. The first-order valence-electron chi connectivity index (χ1n) is 3.87. The number of thiophene rings is 1. The van der Waals surface area contributed by atoms with Crippen LogP contribution in [-0.4, -0.2) is 5.97 Å². The summed E-state index contributed by atoms with van der Waals surface area (Å²) >= 11 is 7.17. The number of hydrogen-bond donors (Lipinski definition) is 1. The molecule has 1 atom stereocenters. The Kier molecular flexibility index (Phi) is 3.71. The molecule has 3 nitrogen and oxygen atoms in total. The molecule has 0 fully saturated rings. The van der Waals surface area contributed by atoms with Crippen LogP contribution in [-0.2, 0) is 4.79 Å². The summed E-state index contributed by atoms with van der Waals surface area (Å²) in [7, 11) is 0. The molecule has 1 rings (SSSR count). The van der Waals surface area contributed by atoms with Gasteiger partial charge in [0, 0.05) is 12.4 Å². The van der Waals surface area contributed by atoms with E-state index in [2.05, 4.69) is 5.73 Å². The summed E-state index contributed by atoms with van der Waals surface area (Å²) < 4.78 is 0.706. The van der Waals surface area contributed by atoms with Gasteiger partial charge >= 0.3 is 0 Å². The lowest BCUT2D eigenvalue weighted by atomic mass is 10.1. The SMILES string of the molecule is [NH3+][C@H](CCC(=O)[O-])c1ccc(Cl)s1. The highest BCUT2D eigenvalue weighted by Gasteiger charge is 2.11. The molecule has 5 heteroatoms. The van der Waals surface area contributed by atoms with Gasteiger partial charge in [0.15, 0.2) is 0 Å². The number of carboxylic acids is 1. The Morgan fingerprint density at radius 1 is 1.69 bits per heavy atom.